The number of aryl methyl sites for hydroxylation is 3. The van der Waals surface area contributed by atoms with Crippen molar-refractivity contribution in [3.8, 4) is 0 Å². The molecule has 1 amide bonds. The molecule has 1 aromatic heterocycles. The number of amides is 1. The number of aromatic amines is 1. The molecule has 0 bridgehead atoms. The molecule has 0 saturated carbocycles. The number of hydrogen-bond donors (Lipinski definition) is 2. The molecule has 0 aliphatic carbocycles. The number of rotatable bonds is 3. The fraction of sp³-hybridized carbons (Fsp3) is 0.267. The van der Waals surface area contributed by atoms with Gasteiger partial charge in [0, 0.05) is 6.54 Å². The van der Waals surface area contributed by atoms with E-state index in [1.165, 1.54) is 0 Å². The maximum absolute atomic E-state index is 12.1. The van der Waals surface area contributed by atoms with Crippen LogP contribution in [-0.2, 0) is 6.54 Å². The summed E-state index contributed by atoms with van der Waals surface area (Å²) in [5.41, 5.74) is 2.23. The number of aromatic nitrogens is 2. The Bertz CT molecular complexity index is 705. The molecule has 20 heavy (non-hydrogen) atoms. The van der Waals surface area contributed by atoms with Crippen LogP contribution in [0.2, 0.25) is 0 Å². The Morgan fingerprint density at radius 1 is 1.30 bits per heavy atom. The van der Waals surface area contributed by atoms with Gasteiger partial charge in [0.15, 0.2) is 0 Å². The quantitative estimate of drug-likeness (QED) is 0.891. The molecule has 1 aromatic carbocycles. The van der Waals surface area contributed by atoms with Crippen molar-refractivity contribution < 1.29 is 4.79 Å². The van der Waals surface area contributed by atoms with E-state index in [4.69, 9.17) is 0 Å². The van der Waals surface area contributed by atoms with Crippen molar-refractivity contribution in [2.75, 3.05) is 0 Å². The largest absolute Gasteiger partial charge is 0.348 e. The van der Waals surface area contributed by atoms with Crippen molar-refractivity contribution in [1.29, 1.82) is 0 Å². The van der Waals surface area contributed by atoms with E-state index in [2.05, 4.69) is 15.3 Å². The van der Waals surface area contributed by atoms with Gasteiger partial charge in [0.1, 0.15) is 11.4 Å². The van der Waals surface area contributed by atoms with Crippen molar-refractivity contribution in [2.45, 2.75) is 27.3 Å². The first-order chi connectivity index (χ1) is 9.47. The van der Waals surface area contributed by atoms with Gasteiger partial charge >= 0.3 is 0 Å². The number of nitrogens with zero attached hydrogens (tertiary/aromatic N) is 1. The second-order valence-corrected chi connectivity index (χ2v) is 4.78. The molecule has 5 heteroatoms. The molecule has 2 aromatic rings. The van der Waals surface area contributed by atoms with E-state index in [-0.39, 0.29) is 5.56 Å². The Hall–Kier alpha value is -2.43. The zero-order chi connectivity index (χ0) is 14.7. The van der Waals surface area contributed by atoms with E-state index in [0.717, 1.165) is 11.1 Å². The van der Waals surface area contributed by atoms with E-state index < -0.39 is 11.5 Å². The van der Waals surface area contributed by atoms with E-state index in [1.807, 2.05) is 31.2 Å². The minimum atomic E-state index is -0.406. The zero-order valence-electron chi connectivity index (χ0n) is 11.8. The molecule has 1 heterocycles. The van der Waals surface area contributed by atoms with Gasteiger partial charge in [-0.3, -0.25) is 9.59 Å². The lowest BCUT2D eigenvalue weighted by Crippen LogP contribution is -2.31. The number of hydrogen-bond acceptors (Lipinski definition) is 3. The Balaban J connectivity index is 2.15. The molecule has 0 radical (unpaired) electrons. The van der Waals surface area contributed by atoms with Crippen LogP contribution in [0.25, 0.3) is 0 Å². The van der Waals surface area contributed by atoms with Gasteiger partial charge in [-0.15, -0.1) is 0 Å². The van der Waals surface area contributed by atoms with E-state index in [9.17, 15) is 9.59 Å². The molecule has 2 N–H and O–H groups in total. The molecule has 104 valence electrons. The lowest BCUT2D eigenvalue weighted by molar-refractivity contribution is 0.0948. The Kier molecular flexibility index (Phi) is 3.98. The molecular formula is C15H17N3O2. The molecule has 0 unspecified atom stereocenters. The fourth-order valence-electron chi connectivity index (χ4n) is 2.09. The van der Waals surface area contributed by atoms with Gasteiger partial charge in [-0.2, -0.15) is 0 Å². The number of carbonyl (C=O) groups excluding carboxylic acids is 1. The number of H-pyrrole nitrogens is 1. The predicted octanol–water partition coefficient (Wildman–Crippen LogP) is 1.63. The van der Waals surface area contributed by atoms with Gasteiger partial charge in [0.05, 0.1) is 5.69 Å². The molecule has 0 atom stereocenters. The summed E-state index contributed by atoms with van der Waals surface area (Å²) in [5, 5.41) is 2.74. The number of carbonyl (C=O) groups is 1. The SMILES string of the molecule is Cc1cccc(CNC(=O)c2c(C)nc(C)[nH]c2=O)c1. The fourth-order valence-corrected chi connectivity index (χ4v) is 2.09. The van der Waals surface area contributed by atoms with Crippen LogP contribution in [0, 0.1) is 20.8 Å². The number of nitrogens with one attached hydrogen (secondary N) is 2. The summed E-state index contributed by atoms with van der Waals surface area (Å²) in [7, 11) is 0. The van der Waals surface area contributed by atoms with E-state index in [1.54, 1.807) is 13.8 Å². The Morgan fingerprint density at radius 3 is 2.70 bits per heavy atom. The molecular weight excluding hydrogens is 254 g/mol. The second-order valence-electron chi connectivity index (χ2n) is 4.78. The van der Waals surface area contributed by atoms with Gasteiger partial charge in [-0.1, -0.05) is 29.8 Å². The van der Waals surface area contributed by atoms with Crippen molar-refractivity contribution in [3.05, 3.63) is 62.8 Å². The lowest BCUT2D eigenvalue weighted by atomic mass is 10.1. The monoisotopic (exact) mass is 271 g/mol. The molecule has 0 spiro atoms. The van der Waals surface area contributed by atoms with Gasteiger partial charge in [0.2, 0.25) is 0 Å². The Labute approximate surface area is 117 Å². The Morgan fingerprint density at radius 2 is 2.05 bits per heavy atom. The third-order valence-corrected chi connectivity index (χ3v) is 2.98. The first-order valence-electron chi connectivity index (χ1n) is 6.38. The minimum Gasteiger partial charge on any atom is -0.348 e. The van der Waals surface area contributed by atoms with Crippen molar-refractivity contribution in [3.63, 3.8) is 0 Å². The van der Waals surface area contributed by atoms with E-state index in [0.29, 0.717) is 18.1 Å². The number of benzene rings is 1. The maximum Gasteiger partial charge on any atom is 0.264 e. The summed E-state index contributed by atoms with van der Waals surface area (Å²) >= 11 is 0. The summed E-state index contributed by atoms with van der Waals surface area (Å²) in [6.07, 6.45) is 0. The molecule has 5 nitrogen and oxygen atoms in total. The molecule has 0 aliphatic heterocycles. The molecule has 0 saturated heterocycles. The predicted molar refractivity (Wildman–Crippen MR) is 76.7 cm³/mol. The molecule has 2 rings (SSSR count). The summed E-state index contributed by atoms with van der Waals surface area (Å²) in [5.74, 6) is 0.0977. The molecule has 0 fully saturated rings. The van der Waals surface area contributed by atoms with Crippen LogP contribution < -0.4 is 10.9 Å². The van der Waals surface area contributed by atoms with Crippen LogP contribution >= 0.6 is 0 Å². The highest BCUT2D eigenvalue weighted by atomic mass is 16.2. The minimum absolute atomic E-state index is 0.0725. The highest BCUT2D eigenvalue weighted by Crippen LogP contribution is 2.04. The van der Waals surface area contributed by atoms with Crippen molar-refractivity contribution >= 4 is 5.91 Å². The van der Waals surface area contributed by atoms with E-state index >= 15 is 0 Å². The first-order valence-corrected chi connectivity index (χ1v) is 6.38. The lowest BCUT2D eigenvalue weighted by Gasteiger charge is -2.07. The van der Waals surface area contributed by atoms with Crippen LogP contribution in [-0.4, -0.2) is 15.9 Å². The summed E-state index contributed by atoms with van der Waals surface area (Å²) in [6.45, 7) is 5.71. The van der Waals surface area contributed by atoms with Gasteiger partial charge in [0.25, 0.3) is 11.5 Å². The highest BCUT2D eigenvalue weighted by Gasteiger charge is 2.15. The first kappa shape index (κ1) is 14.0. The average Bonchev–Trinajstić information content (AvgIpc) is 2.35. The van der Waals surface area contributed by atoms with Crippen LogP contribution in [0.15, 0.2) is 29.1 Å². The van der Waals surface area contributed by atoms with Crippen LogP contribution in [0.4, 0.5) is 0 Å². The summed E-state index contributed by atoms with van der Waals surface area (Å²) in [4.78, 5) is 30.5. The van der Waals surface area contributed by atoms with Crippen LogP contribution in [0.1, 0.15) is 33.0 Å². The van der Waals surface area contributed by atoms with Crippen LogP contribution in [0.3, 0.4) is 0 Å². The highest BCUT2D eigenvalue weighted by molar-refractivity contribution is 5.94. The summed E-state index contributed by atoms with van der Waals surface area (Å²) < 4.78 is 0. The van der Waals surface area contributed by atoms with Gasteiger partial charge in [-0.05, 0) is 26.3 Å². The van der Waals surface area contributed by atoms with Gasteiger partial charge < -0.3 is 10.3 Å². The maximum atomic E-state index is 12.1. The topological polar surface area (TPSA) is 74.8 Å². The van der Waals surface area contributed by atoms with Crippen molar-refractivity contribution in [1.82, 2.24) is 15.3 Å². The third kappa shape index (κ3) is 3.12. The molecule has 0 aliphatic rings. The standard InChI is InChI=1S/C15H17N3O2/c1-9-5-4-6-12(7-9)8-16-14(19)13-10(2)17-11(3)18-15(13)20/h4-7H,8H2,1-3H3,(H,16,19)(H,17,18,20). The normalized spacial score (nSPS) is 10.3. The van der Waals surface area contributed by atoms with Crippen molar-refractivity contribution in [2.24, 2.45) is 0 Å². The average molecular weight is 271 g/mol. The third-order valence-electron chi connectivity index (χ3n) is 2.98. The van der Waals surface area contributed by atoms with Gasteiger partial charge in [-0.25, -0.2) is 4.98 Å². The smallest absolute Gasteiger partial charge is 0.264 e. The second kappa shape index (κ2) is 5.69. The van der Waals surface area contributed by atoms with Crippen LogP contribution in [0.5, 0.6) is 0 Å². The zero-order valence-corrected chi connectivity index (χ0v) is 11.8. The summed E-state index contributed by atoms with van der Waals surface area (Å²) in [6, 6.07) is 7.84.